The Morgan fingerprint density at radius 3 is 2.52 bits per heavy atom. The molecule has 1 saturated heterocycles. The molecule has 1 saturated carbocycles. The van der Waals surface area contributed by atoms with Gasteiger partial charge in [0, 0.05) is 17.5 Å². The van der Waals surface area contributed by atoms with Crippen molar-refractivity contribution in [3.63, 3.8) is 0 Å². The van der Waals surface area contributed by atoms with Gasteiger partial charge >= 0.3 is 0 Å². The van der Waals surface area contributed by atoms with Crippen molar-refractivity contribution in [2.75, 3.05) is 13.1 Å². The van der Waals surface area contributed by atoms with Crippen LogP contribution in [0.2, 0.25) is 0 Å². The van der Waals surface area contributed by atoms with Gasteiger partial charge in [-0.3, -0.25) is 15.3 Å². The average molecular weight is 311 g/mol. The number of likely N-dealkylation sites (tertiary alicyclic amines) is 1. The lowest BCUT2D eigenvalue weighted by atomic mass is 9.99. The molecule has 0 aromatic heterocycles. The number of thioether (sulfide) groups is 1. The molecule has 2 aliphatic rings. The normalized spacial score (nSPS) is 25.7. The van der Waals surface area contributed by atoms with E-state index in [9.17, 15) is 0 Å². The second-order valence-electron chi connectivity index (χ2n) is 7.33. The molecule has 1 aliphatic carbocycles. The summed E-state index contributed by atoms with van der Waals surface area (Å²) in [4.78, 5) is 7.23. The third kappa shape index (κ3) is 4.71. The monoisotopic (exact) mass is 310 g/mol. The summed E-state index contributed by atoms with van der Waals surface area (Å²) >= 11 is 1.32. The van der Waals surface area contributed by atoms with Gasteiger partial charge in [-0.05, 0) is 44.0 Å². The molecule has 0 radical (unpaired) electrons. The van der Waals surface area contributed by atoms with Crippen molar-refractivity contribution in [3.8, 4) is 0 Å². The summed E-state index contributed by atoms with van der Waals surface area (Å²) in [6, 6.07) is 1.35. The summed E-state index contributed by atoms with van der Waals surface area (Å²) in [5.41, 5.74) is 5.86. The highest BCUT2D eigenvalue weighted by Crippen LogP contribution is 2.30. The number of nitrogens with two attached hydrogens (primary N) is 1. The van der Waals surface area contributed by atoms with E-state index in [0.29, 0.717) is 16.3 Å². The lowest BCUT2D eigenvalue weighted by Gasteiger charge is -2.29. The van der Waals surface area contributed by atoms with Crippen LogP contribution in [0.1, 0.15) is 59.3 Å². The molecule has 2 rings (SSSR count). The van der Waals surface area contributed by atoms with E-state index in [-0.39, 0.29) is 5.41 Å². The Balaban J connectivity index is 1.85. The van der Waals surface area contributed by atoms with E-state index in [1.807, 2.05) is 20.8 Å². The molecule has 1 heterocycles. The van der Waals surface area contributed by atoms with Gasteiger partial charge in [-0.2, -0.15) is 0 Å². The quantitative estimate of drug-likeness (QED) is 0.619. The van der Waals surface area contributed by atoms with Crippen LogP contribution in [0.4, 0.5) is 0 Å². The van der Waals surface area contributed by atoms with Crippen molar-refractivity contribution in [2.45, 2.75) is 71.4 Å². The highest BCUT2D eigenvalue weighted by molar-refractivity contribution is 8.26. The molecule has 0 aromatic rings. The molecule has 21 heavy (non-hydrogen) atoms. The number of hydrogen-bond donors (Lipinski definition) is 2. The standard InChI is InChI=1S/C16H30N4S/c1-16(2,3)14(17)21-15(18)19-11-13-9-6-10-20(13)12-7-4-5-8-12/h12-13,17H,4-11H2,1-3H3,(H2,18,19). The van der Waals surface area contributed by atoms with Gasteiger partial charge in [-0.15, -0.1) is 0 Å². The number of nitrogens with one attached hydrogen (secondary N) is 1. The Labute approximate surface area is 133 Å². The molecule has 1 atom stereocenters. The molecule has 1 aliphatic heterocycles. The average Bonchev–Trinajstić information content (AvgIpc) is 3.05. The van der Waals surface area contributed by atoms with Crippen LogP contribution in [-0.2, 0) is 0 Å². The SMILES string of the molecule is CC(C)(C)C(=N)SC(N)=NCC1CCCN1C1CCCC1. The van der Waals surface area contributed by atoms with Gasteiger partial charge in [-0.1, -0.05) is 33.6 Å². The second-order valence-corrected chi connectivity index (χ2v) is 8.36. The first-order chi connectivity index (χ1) is 9.88. The van der Waals surface area contributed by atoms with Crippen molar-refractivity contribution in [1.82, 2.24) is 4.90 Å². The highest BCUT2D eigenvalue weighted by atomic mass is 32.2. The predicted molar refractivity (Wildman–Crippen MR) is 93.2 cm³/mol. The summed E-state index contributed by atoms with van der Waals surface area (Å²) in [6.07, 6.45) is 8.03. The largest absolute Gasteiger partial charge is 0.378 e. The van der Waals surface area contributed by atoms with Crippen LogP contribution in [0.15, 0.2) is 4.99 Å². The maximum Gasteiger partial charge on any atom is 0.160 e. The van der Waals surface area contributed by atoms with Crippen LogP contribution in [-0.4, -0.2) is 40.3 Å². The first-order valence-electron chi connectivity index (χ1n) is 8.20. The Kier molecular flexibility index (Phi) is 5.72. The Hall–Kier alpha value is -0.550. The fourth-order valence-corrected chi connectivity index (χ4v) is 3.91. The zero-order valence-electron chi connectivity index (χ0n) is 13.7. The molecule has 0 amide bonds. The van der Waals surface area contributed by atoms with Crippen LogP contribution >= 0.6 is 11.8 Å². The van der Waals surface area contributed by atoms with E-state index in [2.05, 4.69) is 9.89 Å². The molecular formula is C16H30N4S. The highest BCUT2D eigenvalue weighted by Gasteiger charge is 2.32. The van der Waals surface area contributed by atoms with Crippen molar-refractivity contribution in [1.29, 1.82) is 5.41 Å². The fraction of sp³-hybridized carbons (Fsp3) is 0.875. The minimum absolute atomic E-state index is 0.145. The van der Waals surface area contributed by atoms with Gasteiger partial charge in [0.2, 0.25) is 0 Å². The Morgan fingerprint density at radius 2 is 1.90 bits per heavy atom. The first kappa shape index (κ1) is 16.8. The lowest BCUT2D eigenvalue weighted by Crippen LogP contribution is -2.39. The van der Waals surface area contributed by atoms with Gasteiger partial charge in [0.25, 0.3) is 0 Å². The minimum Gasteiger partial charge on any atom is -0.378 e. The van der Waals surface area contributed by atoms with E-state index in [0.717, 1.165) is 12.6 Å². The number of hydrogen-bond acceptors (Lipinski definition) is 4. The van der Waals surface area contributed by atoms with Crippen LogP contribution in [0.25, 0.3) is 0 Å². The van der Waals surface area contributed by atoms with E-state index in [4.69, 9.17) is 11.1 Å². The third-order valence-corrected chi connectivity index (χ3v) is 5.72. The summed E-state index contributed by atoms with van der Waals surface area (Å²) in [5.74, 6) is 0. The van der Waals surface area contributed by atoms with Gasteiger partial charge in [0.05, 0.1) is 11.6 Å². The summed E-state index contributed by atoms with van der Waals surface area (Å²) in [7, 11) is 0. The molecule has 3 N–H and O–H groups in total. The predicted octanol–water partition coefficient (Wildman–Crippen LogP) is 3.46. The second kappa shape index (κ2) is 7.14. The van der Waals surface area contributed by atoms with Gasteiger partial charge in [0.1, 0.15) is 0 Å². The zero-order valence-corrected chi connectivity index (χ0v) is 14.5. The van der Waals surface area contributed by atoms with Crippen LogP contribution in [0, 0.1) is 10.8 Å². The number of rotatable bonds is 3. The summed E-state index contributed by atoms with van der Waals surface area (Å²) in [6.45, 7) is 8.14. The van der Waals surface area contributed by atoms with Crippen LogP contribution < -0.4 is 5.73 Å². The number of amidine groups is 1. The summed E-state index contributed by atoms with van der Waals surface area (Å²) in [5, 5.41) is 9.16. The van der Waals surface area contributed by atoms with E-state index in [1.54, 1.807) is 0 Å². The molecule has 5 heteroatoms. The minimum atomic E-state index is -0.145. The Bertz CT molecular complexity index is 394. The molecule has 1 unspecified atom stereocenters. The molecule has 2 fully saturated rings. The van der Waals surface area contributed by atoms with E-state index < -0.39 is 0 Å². The maximum atomic E-state index is 8.03. The molecule has 0 aromatic carbocycles. The zero-order chi connectivity index (χ0) is 15.5. The lowest BCUT2D eigenvalue weighted by molar-refractivity contribution is 0.186. The molecule has 4 nitrogen and oxygen atoms in total. The molecule has 120 valence electrons. The van der Waals surface area contributed by atoms with Crippen molar-refractivity contribution >= 4 is 22.0 Å². The van der Waals surface area contributed by atoms with Gasteiger partial charge in [-0.25, -0.2) is 0 Å². The topological polar surface area (TPSA) is 65.5 Å². The van der Waals surface area contributed by atoms with Crippen LogP contribution in [0.3, 0.4) is 0 Å². The Morgan fingerprint density at radius 1 is 1.24 bits per heavy atom. The fourth-order valence-electron chi connectivity index (χ4n) is 3.26. The van der Waals surface area contributed by atoms with E-state index >= 15 is 0 Å². The maximum absolute atomic E-state index is 8.03. The van der Waals surface area contributed by atoms with Crippen molar-refractivity contribution in [3.05, 3.63) is 0 Å². The third-order valence-electron chi connectivity index (χ3n) is 4.56. The van der Waals surface area contributed by atoms with E-state index in [1.165, 1.54) is 56.8 Å². The molecule has 0 bridgehead atoms. The molecular weight excluding hydrogens is 280 g/mol. The van der Waals surface area contributed by atoms with Crippen LogP contribution in [0.5, 0.6) is 0 Å². The smallest absolute Gasteiger partial charge is 0.160 e. The number of nitrogens with zero attached hydrogens (tertiary/aromatic N) is 2. The molecule has 0 spiro atoms. The first-order valence-corrected chi connectivity index (χ1v) is 9.02. The van der Waals surface area contributed by atoms with Gasteiger partial charge in [0.15, 0.2) is 5.17 Å². The summed E-state index contributed by atoms with van der Waals surface area (Å²) < 4.78 is 0. The van der Waals surface area contributed by atoms with Crippen molar-refractivity contribution in [2.24, 2.45) is 16.1 Å². The number of aliphatic imine (C=N–C) groups is 1. The van der Waals surface area contributed by atoms with Gasteiger partial charge < -0.3 is 5.73 Å². The van der Waals surface area contributed by atoms with Crippen molar-refractivity contribution < 1.29 is 0 Å².